The van der Waals surface area contributed by atoms with Gasteiger partial charge in [-0.15, -0.1) is 0 Å². The van der Waals surface area contributed by atoms with Crippen LogP contribution < -0.4 is 5.32 Å². The van der Waals surface area contributed by atoms with Crippen LogP contribution in [-0.4, -0.2) is 44.7 Å². The summed E-state index contributed by atoms with van der Waals surface area (Å²) < 4.78 is 24.7. The summed E-state index contributed by atoms with van der Waals surface area (Å²) in [6, 6.07) is 17.9. The maximum absolute atomic E-state index is 12.3. The Bertz CT molecular complexity index is 895. The molecular weight excluding hydrogens is 370 g/mol. The van der Waals surface area contributed by atoms with Crippen molar-refractivity contribution in [3.05, 3.63) is 71.3 Å². The van der Waals surface area contributed by atoms with Crippen LogP contribution in [0.15, 0.2) is 59.6 Å². The lowest BCUT2D eigenvalue weighted by atomic mass is 10.0. The first-order valence-corrected chi connectivity index (χ1v) is 11.7. The molecule has 28 heavy (non-hydrogen) atoms. The Labute approximate surface area is 168 Å². The number of aliphatic imine (C=N–C) groups is 1. The highest BCUT2D eigenvalue weighted by Gasteiger charge is 2.18. The van der Waals surface area contributed by atoms with Gasteiger partial charge in [0.05, 0.1) is 11.5 Å². The maximum Gasteiger partial charge on any atom is 0.194 e. The smallest absolute Gasteiger partial charge is 0.194 e. The van der Waals surface area contributed by atoms with Gasteiger partial charge in [0.15, 0.2) is 15.8 Å². The van der Waals surface area contributed by atoms with Crippen molar-refractivity contribution in [2.75, 3.05) is 25.4 Å². The van der Waals surface area contributed by atoms with Gasteiger partial charge in [0, 0.05) is 26.2 Å². The van der Waals surface area contributed by atoms with E-state index in [2.05, 4.69) is 46.4 Å². The molecule has 0 unspecified atom stereocenters. The van der Waals surface area contributed by atoms with Crippen molar-refractivity contribution in [1.82, 2.24) is 10.2 Å². The first-order valence-electron chi connectivity index (χ1n) is 9.92. The van der Waals surface area contributed by atoms with Gasteiger partial charge in [-0.25, -0.2) is 8.42 Å². The Morgan fingerprint density at radius 1 is 1.07 bits per heavy atom. The standard InChI is InChI=1S/C22H29N3O2S/c1-2-23-22(25-15-13-20-11-6-7-12-21(20)17-25)24-14-8-16-28(26,27)18-19-9-4-3-5-10-19/h3-7,9-12H,2,8,13-18H2,1H3,(H,23,24). The van der Waals surface area contributed by atoms with Crippen LogP contribution in [0.1, 0.15) is 30.0 Å². The minimum atomic E-state index is -3.11. The van der Waals surface area contributed by atoms with Gasteiger partial charge >= 0.3 is 0 Å². The van der Waals surface area contributed by atoms with Crippen molar-refractivity contribution in [3.63, 3.8) is 0 Å². The second-order valence-corrected chi connectivity index (χ2v) is 9.29. The molecular formula is C22H29N3O2S. The molecule has 0 bridgehead atoms. The van der Waals surface area contributed by atoms with E-state index in [1.165, 1.54) is 11.1 Å². The van der Waals surface area contributed by atoms with Gasteiger partial charge in [-0.05, 0) is 36.5 Å². The Hall–Kier alpha value is -2.34. The van der Waals surface area contributed by atoms with Crippen molar-refractivity contribution in [3.8, 4) is 0 Å². The summed E-state index contributed by atoms with van der Waals surface area (Å²) in [5, 5.41) is 3.35. The molecule has 0 amide bonds. The molecule has 0 saturated heterocycles. The zero-order valence-electron chi connectivity index (χ0n) is 16.5. The maximum atomic E-state index is 12.3. The number of sulfone groups is 1. The van der Waals surface area contributed by atoms with Crippen molar-refractivity contribution in [2.24, 2.45) is 4.99 Å². The van der Waals surface area contributed by atoms with Crippen LogP contribution in [0.4, 0.5) is 0 Å². The minimum Gasteiger partial charge on any atom is -0.357 e. The summed E-state index contributed by atoms with van der Waals surface area (Å²) in [5.74, 6) is 1.13. The van der Waals surface area contributed by atoms with Crippen LogP contribution in [0.2, 0.25) is 0 Å². The van der Waals surface area contributed by atoms with Crippen LogP contribution in [0.25, 0.3) is 0 Å². The van der Waals surface area contributed by atoms with Crippen LogP contribution >= 0.6 is 0 Å². The number of guanidine groups is 1. The molecule has 3 rings (SSSR count). The molecule has 150 valence electrons. The second kappa shape index (κ2) is 9.73. The van der Waals surface area contributed by atoms with Gasteiger partial charge in [0.2, 0.25) is 0 Å². The fraction of sp³-hybridized carbons (Fsp3) is 0.409. The first-order chi connectivity index (χ1) is 13.6. The molecule has 1 N–H and O–H groups in total. The summed E-state index contributed by atoms with van der Waals surface area (Å²) >= 11 is 0. The third kappa shape index (κ3) is 5.83. The highest BCUT2D eigenvalue weighted by atomic mass is 32.2. The van der Waals surface area contributed by atoms with Gasteiger partial charge in [-0.2, -0.15) is 0 Å². The van der Waals surface area contributed by atoms with E-state index in [-0.39, 0.29) is 11.5 Å². The van der Waals surface area contributed by atoms with Gasteiger partial charge in [0.25, 0.3) is 0 Å². The largest absolute Gasteiger partial charge is 0.357 e. The zero-order chi connectivity index (χ0) is 19.8. The summed E-state index contributed by atoms with van der Waals surface area (Å²) in [6.45, 7) is 5.12. The molecule has 0 spiro atoms. The average molecular weight is 400 g/mol. The lowest BCUT2D eigenvalue weighted by Crippen LogP contribution is -2.44. The summed E-state index contributed by atoms with van der Waals surface area (Å²) in [4.78, 5) is 6.94. The van der Waals surface area contributed by atoms with Crippen LogP contribution in [0.3, 0.4) is 0 Å². The molecule has 0 atom stereocenters. The van der Waals surface area contributed by atoms with Crippen LogP contribution in [-0.2, 0) is 28.6 Å². The minimum absolute atomic E-state index is 0.0977. The molecule has 2 aromatic carbocycles. The third-order valence-electron chi connectivity index (χ3n) is 4.87. The van der Waals surface area contributed by atoms with Crippen molar-refractivity contribution >= 4 is 15.8 Å². The number of fused-ring (bicyclic) bond motifs is 1. The third-order valence-corrected chi connectivity index (χ3v) is 6.55. The molecule has 2 aromatic rings. The van der Waals surface area contributed by atoms with Crippen molar-refractivity contribution < 1.29 is 8.42 Å². The number of rotatable bonds is 7. The predicted molar refractivity (Wildman–Crippen MR) is 115 cm³/mol. The first kappa shape index (κ1) is 20.4. The molecule has 0 saturated carbocycles. The van der Waals surface area contributed by atoms with E-state index in [9.17, 15) is 8.42 Å². The van der Waals surface area contributed by atoms with E-state index >= 15 is 0 Å². The molecule has 0 aromatic heterocycles. The number of benzene rings is 2. The lowest BCUT2D eigenvalue weighted by molar-refractivity contribution is 0.378. The molecule has 0 radical (unpaired) electrons. The normalized spacial score (nSPS) is 14.6. The van der Waals surface area contributed by atoms with Gasteiger partial charge < -0.3 is 10.2 Å². The predicted octanol–water partition coefficient (Wildman–Crippen LogP) is 3.02. The van der Waals surface area contributed by atoms with E-state index < -0.39 is 9.84 Å². The number of hydrogen-bond donors (Lipinski definition) is 1. The Morgan fingerprint density at radius 3 is 2.54 bits per heavy atom. The number of nitrogens with one attached hydrogen (secondary N) is 1. The second-order valence-electron chi connectivity index (χ2n) is 7.11. The monoisotopic (exact) mass is 399 g/mol. The Kier molecular flexibility index (Phi) is 7.09. The molecule has 0 aliphatic carbocycles. The number of hydrogen-bond acceptors (Lipinski definition) is 3. The zero-order valence-corrected chi connectivity index (χ0v) is 17.3. The molecule has 1 heterocycles. The molecule has 1 aliphatic rings. The SMILES string of the molecule is CCNC(=NCCCS(=O)(=O)Cc1ccccc1)N1CCc2ccccc2C1. The summed E-state index contributed by atoms with van der Waals surface area (Å²) in [5.41, 5.74) is 3.58. The van der Waals surface area contributed by atoms with E-state index in [0.717, 1.165) is 37.6 Å². The highest BCUT2D eigenvalue weighted by molar-refractivity contribution is 7.90. The van der Waals surface area contributed by atoms with E-state index in [1.54, 1.807) is 0 Å². The van der Waals surface area contributed by atoms with Crippen molar-refractivity contribution in [2.45, 2.75) is 32.1 Å². The quantitative estimate of drug-likeness (QED) is 0.442. The molecule has 1 aliphatic heterocycles. The van der Waals surface area contributed by atoms with E-state index in [0.29, 0.717) is 13.0 Å². The Balaban J connectivity index is 1.55. The lowest BCUT2D eigenvalue weighted by Gasteiger charge is -2.31. The topological polar surface area (TPSA) is 61.8 Å². The van der Waals surface area contributed by atoms with Crippen molar-refractivity contribution in [1.29, 1.82) is 0 Å². The summed E-state index contributed by atoms with van der Waals surface area (Å²) in [6.07, 6.45) is 1.54. The summed E-state index contributed by atoms with van der Waals surface area (Å²) in [7, 11) is -3.11. The van der Waals surface area contributed by atoms with E-state index in [1.807, 2.05) is 30.3 Å². The average Bonchev–Trinajstić information content (AvgIpc) is 2.70. The number of nitrogens with zero attached hydrogens (tertiary/aromatic N) is 2. The van der Waals surface area contributed by atoms with Gasteiger partial charge in [-0.3, -0.25) is 4.99 Å². The van der Waals surface area contributed by atoms with E-state index in [4.69, 9.17) is 0 Å². The highest BCUT2D eigenvalue weighted by Crippen LogP contribution is 2.18. The van der Waals surface area contributed by atoms with Gasteiger partial charge in [-0.1, -0.05) is 54.6 Å². The molecule has 0 fully saturated rings. The molecule has 5 nitrogen and oxygen atoms in total. The Morgan fingerprint density at radius 2 is 1.79 bits per heavy atom. The fourth-order valence-electron chi connectivity index (χ4n) is 3.47. The molecule has 6 heteroatoms. The van der Waals surface area contributed by atoms with Crippen LogP contribution in [0, 0.1) is 0 Å². The van der Waals surface area contributed by atoms with Gasteiger partial charge in [0.1, 0.15) is 0 Å². The van der Waals surface area contributed by atoms with Crippen LogP contribution in [0.5, 0.6) is 0 Å². The fourth-order valence-corrected chi connectivity index (χ4v) is 4.89.